The fourth-order valence-electron chi connectivity index (χ4n) is 3.79. The van der Waals surface area contributed by atoms with Crippen molar-refractivity contribution in [2.75, 3.05) is 10.8 Å². The van der Waals surface area contributed by atoms with Gasteiger partial charge in [-0.3, -0.25) is 9.10 Å². The van der Waals surface area contributed by atoms with Gasteiger partial charge in [-0.15, -0.1) is 0 Å². The maximum Gasteiger partial charge on any atom is 0.264 e. The Hall–Kier alpha value is -2.58. The summed E-state index contributed by atoms with van der Waals surface area (Å²) in [5, 5.41) is 13.6. The van der Waals surface area contributed by atoms with Crippen LogP contribution < -0.4 is 9.62 Å². The number of aliphatic hydroxyl groups is 1. The lowest BCUT2D eigenvalue weighted by Gasteiger charge is -2.32. The number of nitrogens with one attached hydrogen (secondary N) is 1. The predicted molar refractivity (Wildman–Crippen MR) is 140 cm³/mol. The summed E-state index contributed by atoms with van der Waals surface area (Å²) in [6, 6.07) is 19.7. The van der Waals surface area contributed by atoms with Gasteiger partial charge < -0.3 is 10.4 Å². The van der Waals surface area contributed by atoms with Crippen molar-refractivity contribution in [3.05, 3.63) is 94.0 Å². The van der Waals surface area contributed by atoms with Crippen LogP contribution >= 0.6 is 23.2 Å². The summed E-state index contributed by atoms with van der Waals surface area (Å²) in [6.45, 7) is 1.86. The van der Waals surface area contributed by atoms with Gasteiger partial charge in [0, 0.05) is 28.2 Å². The van der Waals surface area contributed by atoms with Crippen molar-refractivity contribution in [3.8, 4) is 0 Å². The molecule has 0 radical (unpaired) electrons. The fraction of sp³-hybridized carbons (Fsp3) is 0.269. The van der Waals surface area contributed by atoms with Crippen LogP contribution in [-0.2, 0) is 27.8 Å². The van der Waals surface area contributed by atoms with Crippen molar-refractivity contribution in [2.24, 2.45) is 0 Å². The van der Waals surface area contributed by atoms with E-state index in [0.29, 0.717) is 40.7 Å². The van der Waals surface area contributed by atoms with Gasteiger partial charge in [-0.1, -0.05) is 59.6 Å². The van der Waals surface area contributed by atoms with E-state index < -0.39 is 16.1 Å². The third-order valence-electron chi connectivity index (χ3n) is 5.55. The van der Waals surface area contributed by atoms with Crippen molar-refractivity contribution >= 4 is 44.8 Å². The zero-order chi connectivity index (χ0) is 25.4. The molecule has 186 valence electrons. The normalized spacial score (nSPS) is 12.2. The molecule has 35 heavy (non-hydrogen) atoms. The van der Waals surface area contributed by atoms with Crippen molar-refractivity contribution in [1.29, 1.82) is 0 Å². The third kappa shape index (κ3) is 7.21. The summed E-state index contributed by atoms with van der Waals surface area (Å²) in [7, 11) is -4.00. The molecule has 0 fully saturated rings. The highest BCUT2D eigenvalue weighted by atomic mass is 35.5. The van der Waals surface area contributed by atoms with Crippen molar-refractivity contribution in [3.63, 3.8) is 0 Å². The molecule has 0 aliphatic rings. The molecule has 0 spiro atoms. The number of halogens is 2. The molecular weight excluding hydrogens is 507 g/mol. The van der Waals surface area contributed by atoms with E-state index in [0.717, 1.165) is 5.56 Å². The molecule has 0 unspecified atom stereocenters. The van der Waals surface area contributed by atoms with E-state index in [1.54, 1.807) is 25.1 Å². The van der Waals surface area contributed by atoms with Crippen LogP contribution in [0.25, 0.3) is 0 Å². The van der Waals surface area contributed by atoms with Gasteiger partial charge in [-0.2, -0.15) is 0 Å². The molecule has 1 atom stereocenters. The Morgan fingerprint density at radius 2 is 1.66 bits per heavy atom. The van der Waals surface area contributed by atoms with Crippen LogP contribution in [0.2, 0.25) is 10.0 Å². The molecule has 2 N–H and O–H groups in total. The minimum absolute atomic E-state index is 0.0776. The summed E-state index contributed by atoms with van der Waals surface area (Å²) in [6.07, 6.45) is 1.31. The van der Waals surface area contributed by atoms with Gasteiger partial charge in [0.2, 0.25) is 5.91 Å². The first-order valence-electron chi connectivity index (χ1n) is 11.2. The fourth-order valence-corrected chi connectivity index (χ4v) is 5.79. The van der Waals surface area contributed by atoms with Crippen molar-refractivity contribution in [1.82, 2.24) is 5.32 Å². The Morgan fingerprint density at radius 1 is 1.00 bits per heavy atom. The molecule has 3 aromatic rings. The van der Waals surface area contributed by atoms with E-state index >= 15 is 0 Å². The molecule has 0 saturated heterocycles. The summed E-state index contributed by atoms with van der Waals surface area (Å²) >= 11 is 12.2. The van der Waals surface area contributed by atoms with Gasteiger partial charge in [-0.05, 0) is 61.7 Å². The van der Waals surface area contributed by atoms with Crippen LogP contribution in [0, 0.1) is 0 Å². The average molecular weight is 535 g/mol. The number of hydrogen-bond acceptors (Lipinski definition) is 4. The van der Waals surface area contributed by atoms with E-state index in [1.165, 1.54) is 28.6 Å². The van der Waals surface area contributed by atoms with Crippen LogP contribution in [0.3, 0.4) is 0 Å². The molecular formula is C26H28Cl2N2O4S. The van der Waals surface area contributed by atoms with Gasteiger partial charge in [0.1, 0.15) is 0 Å². The number of hydrogen-bond donors (Lipinski definition) is 2. The molecule has 3 aromatic carbocycles. The highest BCUT2D eigenvalue weighted by molar-refractivity contribution is 7.92. The Balaban J connectivity index is 1.77. The lowest BCUT2D eigenvalue weighted by molar-refractivity contribution is -0.120. The third-order valence-corrected chi connectivity index (χ3v) is 7.98. The quantitative estimate of drug-likeness (QED) is 0.330. The van der Waals surface area contributed by atoms with Crippen LogP contribution in [0.1, 0.15) is 30.9 Å². The number of anilines is 1. The number of aliphatic hydroxyl groups excluding tert-OH is 1. The molecule has 3 rings (SSSR count). The maximum atomic E-state index is 13.7. The summed E-state index contributed by atoms with van der Waals surface area (Å²) in [5.41, 5.74) is 1.68. The van der Waals surface area contributed by atoms with E-state index in [4.69, 9.17) is 23.2 Å². The number of nitrogens with zero attached hydrogens (tertiary/aromatic N) is 1. The van der Waals surface area contributed by atoms with Crippen molar-refractivity contribution < 1.29 is 18.3 Å². The molecule has 0 saturated carbocycles. The second-order valence-corrected chi connectivity index (χ2v) is 10.9. The Kier molecular flexibility index (Phi) is 9.57. The van der Waals surface area contributed by atoms with Gasteiger partial charge >= 0.3 is 0 Å². The van der Waals surface area contributed by atoms with E-state index in [-0.39, 0.29) is 23.8 Å². The average Bonchev–Trinajstić information content (AvgIpc) is 2.83. The zero-order valence-corrected chi connectivity index (χ0v) is 21.7. The van der Waals surface area contributed by atoms with Gasteiger partial charge in [-0.25, -0.2) is 8.42 Å². The summed E-state index contributed by atoms with van der Waals surface area (Å²) < 4.78 is 28.7. The van der Waals surface area contributed by atoms with Gasteiger partial charge in [0.15, 0.2) is 0 Å². The molecule has 0 aliphatic heterocycles. The van der Waals surface area contributed by atoms with Gasteiger partial charge in [0.25, 0.3) is 10.0 Å². The molecule has 0 bridgehead atoms. The second kappa shape index (κ2) is 12.4. The number of carbonyl (C=O) groups is 1. The van der Waals surface area contributed by atoms with Crippen LogP contribution in [0.15, 0.2) is 77.7 Å². The summed E-state index contributed by atoms with van der Waals surface area (Å²) in [5.74, 6) is -0.0908. The van der Waals surface area contributed by atoms with Crippen LogP contribution in [0.4, 0.5) is 5.69 Å². The number of sulfonamides is 1. The van der Waals surface area contributed by atoms with Crippen LogP contribution in [-0.4, -0.2) is 32.0 Å². The zero-order valence-electron chi connectivity index (χ0n) is 19.3. The topological polar surface area (TPSA) is 86.7 Å². The number of amides is 1. The Labute approximate surface area is 216 Å². The number of carbonyl (C=O) groups excluding carboxylic acids is 1. The maximum absolute atomic E-state index is 13.7. The van der Waals surface area contributed by atoms with E-state index in [2.05, 4.69) is 5.32 Å². The highest BCUT2D eigenvalue weighted by Crippen LogP contribution is 2.33. The number of rotatable bonds is 11. The smallest absolute Gasteiger partial charge is 0.264 e. The first-order valence-corrected chi connectivity index (χ1v) is 13.4. The standard InChI is InChI=1S/C26H28Cl2N2O4S/c1-19(6-5-15-29-26(32)16-20-7-3-2-4-8-20)30(25-17-23(28)10-9-21(25)18-31)35(33,34)24-13-11-22(27)12-14-24/h2-4,7-14,17,19,31H,5-6,15-16,18H2,1H3,(H,29,32)/t19-/m1/s1. The molecule has 1 amide bonds. The first kappa shape index (κ1) is 27.0. The molecule has 6 nitrogen and oxygen atoms in total. The molecule has 0 heterocycles. The Bertz CT molecular complexity index is 1240. The lowest BCUT2D eigenvalue weighted by Crippen LogP contribution is -2.40. The minimum Gasteiger partial charge on any atom is -0.392 e. The molecule has 0 aromatic heterocycles. The van der Waals surface area contributed by atoms with Crippen molar-refractivity contribution in [2.45, 2.75) is 43.7 Å². The van der Waals surface area contributed by atoms with Gasteiger partial charge in [0.05, 0.1) is 23.6 Å². The first-order chi connectivity index (χ1) is 16.7. The predicted octanol–water partition coefficient (Wildman–Crippen LogP) is 5.21. The lowest BCUT2D eigenvalue weighted by atomic mass is 10.1. The molecule has 9 heteroatoms. The SMILES string of the molecule is C[C@H](CCCNC(=O)Cc1ccccc1)N(c1cc(Cl)ccc1CO)S(=O)(=O)c1ccc(Cl)cc1. The number of benzene rings is 3. The van der Waals surface area contributed by atoms with Crippen LogP contribution in [0.5, 0.6) is 0 Å². The van der Waals surface area contributed by atoms with E-state index in [9.17, 15) is 18.3 Å². The highest BCUT2D eigenvalue weighted by Gasteiger charge is 2.31. The largest absolute Gasteiger partial charge is 0.392 e. The monoisotopic (exact) mass is 534 g/mol. The van der Waals surface area contributed by atoms with E-state index in [1.807, 2.05) is 30.3 Å². The Morgan fingerprint density at radius 3 is 2.31 bits per heavy atom. The minimum atomic E-state index is -4.00. The second-order valence-electron chi connectivity index (χ2n) is 8.19. The summed E-state index contributed by atoms with van der Waals surface area (Å²) in [4.78, 5) is 12.3. The molecule has 0 aliphatic carbocycles.